The molecule has 0 spiro atoms. The van der Waals surface area contributed by atoms with E-state index < -0.39 is 0 Å². The summed E-state index contributed by atoms with van der Waals surface area (Å²) in [6.45, 7) is 2.64. The molecular weight excluding hydrogens is 280 g/mol. The lowest BCUT2D eigenvalue weighted by atomic mass is 9.93. The Hall–Kier alpha value is -1.42. The molecule has 0 unspecified atom stereocenters. The van der Waals surface area contributed by atoms with Gasteiger partial charge in [-0.25, -0.2) is 0 Å². The Morgan fingerprint density at radius 2 is 2.05 bits per heavy atom. The lowest BCUT2D eigenvalue weighted by molar-refractivity contribution is 0.0641. The Labute approximate surface area is 132 Å². The Morgan fingerprint density at radius 1 is 1.33 bits per heavy atom. The van der Waals surface area contributed by atoms with E-state index in [0.717, 1.165) is 24.0 Å². The van der Waals surface area contributed by atoms with Crippen molar-refractivity contribution in [2.75, 3.05) is 6.54 Å². The van der Waals surface area contributed by atoms with Gasteiger partial charge in [0, 0.05) is 24.6 Å². The van der Waals surface area contributed by atoms with Crippen LogP contribution >= 0.6 is 12.2 Å². The van der Waals surface area contributed by atoms with Crippen LogP contribution < -0.4 is 5.73 Å². The molecular formula is C17H24N2OS. The molecule has 1 fully saturated rings. The van der Waals surface area contributed by atoms with Crippen LogP contribution in [-0.2, 0) is 0 Å². The van der Waals surface area contributed by atoms with Crippen LogP contribution in [0.2, 0.25) is 0 Å². The highest BCUT2D eigenvalue weighted by Crippen LogP contribution is 2.24. The Morgan fingerprint density at radius 3 is 2.67 bits per heavy atom. The average molecular weight is 304 g/mol. The molecule has 0 heterocycles. The molecule has 4 heteroatoms. The number of carbonyl (C=O) groups is 1. The lowest BCUT2D eigenvalue weighted by Crippen LogP contribution is -2.43. The third-order valence-corrected chi connectivity index (χ3v) is 4.34. The molecule has 0 bridgehead atoms. The van der Waals surface area contributed by atoms with E-state index in [4.69, 9.17) is 18.0 Å². The topological polar surface area (TPSA) is 46.3 Å². The van der Waals surface area contributed by atoms with E-state index >= 15 is 0 Å². The molecule has 1 aliphatic rings. The summed E-state index contributed by atoms with van der Waals surface area (Å²) >= 11 is 4.98. The van der Waals surface area contributed by atoms with E-state index in [1.165, 1.54) is 19.3 Å². The second kappa shape index (κ2) is 7.55. The minimum Gasteiger partial charge on any atom is -0.393 e. The summed E-state index contributed by atoms with van der Waals surface area (Å²) in [7, 11) is 0. The molecule has 1 aromatic carbocycles. The zero-order chi connectivity index (χ0) is 15.2. The predicted octanol–water partition coefficient (Wildman–Crippen LogP) is 3.45. The zero-order valence-corrected chi connectivity index (χ0v) is 13.5. The maximum absolute atomic E-state index is 12.9. The number of hydrogen-bond donors (Lipinski definition) is 1. The quantitative estimate of drug-likeness (QED) is 0.848. The van der Waals surface area contributed by atoms with Gasteiger partial charge in [0.15, 0.2) is 0 Å². The van der Waals surface area contributed by atoms with Gasteiger partial charge in [0.05, 0.1) is 4.99 Å². The van der Waals surface area contributed by atoms with Gasteiger partial charge in [0.1, 0.15) is 0 Å². The molecule has 0 atom stereocenters. The van der Waals surface area contributed by atoms with Gasteiger partial charge >= 0.3 is 0 Å². The van der Waals surface area contributed by atoms with Crippen molar-refractivity contribution in [1.82, 2.24) is 4.90 Å². The van der Waals surface area contributed by atoms with Crippen molar-refractivity contribution in [3.8, 4) is 0 Å². The van der Waals surface area contributed by atoms with Gasteiger partial charge in [0.25, 0.3) is 5.91 Å². The number of benzene rings is 1. The van der Waals surface area contributed by atoms with Gasteiger partial charge in [0.2, 0.25) is 0 Å². The van der Waals surface area contributed by atoms with E-state index in [2.05, 4.69) is 0 Å². The number of rotatable bonds is 5. The summed E-state index contributed by atoms with van der Waals surface area (Å²) in [5.41, 5.74) is 7.50. The molecule has 1 saturated carbocycles. The third kappa shape index (κ3) is 4.53. The van der Waals surface area contributed by atoms with E-state index in [1.54, 1.807) is 0 Å². The van der Waals surface area contributed by atoms with Crippen LogP contribution in [0.15, 0.2) is 24.3 Å². The number of carbonyl (C=O) groups excluding carboxylic acids is 1. The van der Waals surface area contributed by atoms with Crippen molar-refractivity contribution < 1.29 is 4.79 Å². The molecule has 1 aliphatic carbocycles. The van der Waals surface area contributed by atoms with Gasteiger partial charge in [-0.3, -0.25) is 4.79 Å². The second-order valence-corrected chi connectivity index (χ2v) is 6.40. The molecule has 1 aromatic rings. The van der Waals surface area contributed by atoms with Crippen molar-refractivity contribution in [3.05, 3.63) is 35.4 Å². The summed E-state index contributed by atoms with van der Waals surface area (Å²) in [5.74, 6) is 0.113. The number of hydrogen-bond acceptors (Lipinski definition) is 2. The molecule has 0 saturated heterocycles. The van der Waals surface area contributed by atoms with Gasteiger partial charge in [-0.1, -0.05) is 49.2 Å². The van der Waals surface area contributed by atoms with Crippen LogP contribution in [0.4, 0.5) is 0 Å². The minimum absolute atomic E-state index is 0.113. The first-order chi connectivity index (χ1) is 10.1. The largest absolute Gasteiger partial charge is 0.393 e. The first-order valence-electron chi connectivity index (χ1n) is 7.74. The number of nitrogens with two attached hydrogens (primary N) is 1. The van der Waals surface area contributed by atoms with Crippen LogP contribution in [-0.4, -0.2) is 28.4 Å². The third-order valence-electron chi connectivity index (χ3n) is 4.14. The SMILES string of the molecule is Cc1cccc(C(=O)N(CCC(N)=S)C2CCCCC2)c1. The maximum Gasteiger partial charge on any atom is 0.254 e. The Bertz CT molecular complexity index is 509. The summed E-state index contributed by atoms with van der Waals surface area (Å²) in [6, 6.07) is 8.14. The second-order valence-electron chi connectivity index (χ2n) is 5.88. The fourth-order valence-electron chi connectivity index (χ4n) is 3.02. The molecule has 1 amide bonds. The summed E-state index contributed by atoms with van der Waals surface area (Å²) in [5, 5.41) is 0. The van der Waals surface area contributed by atoms with E-state index in [0.29, 0.717) is 24.0 Å². The molecule has 0 aliphatic heterocycles. The van der Waals surface area contributed by atoms with Gasteiger partial charge < -0.3 is 10.6 Å². The predicted molar refractivity (Wildman–Crippen MR) is 90.5 cm³/mol. The summed E-state index contributed by atoms with van der Waals surface area (Å²) in [6.07, 6.45) is 6.47. The van der Waals surface area contributed by atoms with Crippen LogP contribution in [0, 0.1) is 6.92 Å². The molecule has 114 valence electrons. The fourth-order valence-corrected chi connectivity index (χ4v) is 3.11. The zero-order valence-electron chi connectivity index (χ0n) is 12.7. The van der Waals surface area contributed by atoms with Crippen molar-refractivity contribution >= 4 is 23.1 Å². The van der Waals surface area contributed by atoms with E-state index in [1.807, 2.05) is 36.1 Å². The van der Waals surface area contributed by atoms with Crippen molar-refractivity contribution in [2.24, 2.45) is 5.73 Å². The van der Waals surface area contributed by atoms with E-state index in [9.17, 15) is 4.79 Å². The van der Waals surface area contributed by atoms with Gasteiger partial charge in [-0.15, -0.1) is 0 Å². The fraction of sp³-hybridized carbons (Fsp3) is 0.529. The normalized spacial score (nSPS) is 15.7. The molecule has 2 rings (SSSR count). The molecule has 21 heavy (non-hydrogen) atoms. The van der Waals surface area contributed by atoms with E-state index in [-0.39, 0.29) is 5.91 Å². The van der Waals surface area contributed by atoms with Crippen molar-refractivity contribution in [3.63, 3.8) is 0 Å². The summed E-state index contributed by atoms with van der Waals surface area (Å²) < 4.78 is 0. The number of aryl methyl sites for hydroxylation is 1. The van der Waals surface area contributed by atoms with Crippen LogP contribution in [0.3, 0.4) is 0 Å². The highest BCUT2D eigenvalue weighted by atomic mass is 32.1. The molecule has 2 N–H and O–H groups in total. The standard InChI is InChI=1S/C17H24N2OS/c1-13-6-5-7-14(12-13)17(20)19(11-10-16(18)21)15-8-3-2-4-9-15/h5-7,12,15H,2-4,8-11H2,1H3,(H2,18,21). The maximum atomic E-state index is 12.9. The smallest absolute Gasteiger partial charge is 0.254 e. The van der Waals surface area contributed by atoms with Crippen LogP contribution in [0.1, 0.15) is 54.4 Å². The Kier molecular flexibility index (Phi) is 5.74. The van der Waals surface area contributed by atoms with Crippen molar-refractivity contribution in [2.45, 2.75) is 51.5 Å². The molecule has 3 nitrogen and oxygen atoms in total. The molecule has 0 radical (unpaired) electrons. The summed E-state index contributed by atoms with van der Waals surface area (Å²) in [4.78, 5) is 15.3. The first-order valence-corrected chi connectivity index (χ1v) is 8.14. The number of thiocarbonyl (C=S) groups is 1. The monoisotopic (exact) mass is 304 g/mol. The van der Waals surface area contributed by atoms with Crippen molar-refractivity contribution in [1.29, 1.82) is 0 Å². The van der Waals surface area contributed by atoms with Gasteiger partial charge in [-0.2, -0.15) is 0 Å². The Balaban J connectivity index is 2.16. The number of nitrogens with zero attached hydrogens (tertiary/aromatic N) is 1. The first kappa shape index (κ1) is 16.0. The van der Waals surface area contributed by atoms with Crippen LogP contribution in [0.5, 0.6) is 0 Å². The lowest BCUT2D eigenvalue weighted by Gasteiger charge is -2.34. The van der Waals surface area contributed by atoms with Gasteiger partial charge in [-0.05, 0) is 31.9 Å². The molecule has 0 aromatic heterocycles. The highest BCUT2D eigenvalue weighted by Gasteiger charge is 2.26. The highest BCUT2D eigenvalue weighted by molar-refractivity contribution is 7.80. The average Bonchev–Trinajstić information content (AvgIpc) is 2.48. The minimum atomic E-state index is 0.113. The number of amides is 1. The van der Waals surface area contributed by atoms with Crippen LogP contribution in [0.25, 0.3) is 0 Å².